The van der Waals surface area contributed by atoms with Crippen LogP contribution in [0.15, 0.2) is 24.3 Å². The number of nitrogens with zero attached hydrogens (tertiary/aromatic N) is 1. The van der Waals surface area contributed by atoms with E-state index in [9.17, 15) is 9.59 Å². The van der Waals surface area contributed by atoms with Crippen molar-refractivity contribution in [2.24, 2.45) is 11.1 Å². The summed E-state index contributed by atoms with van der Waals surface area (Å²) in [4.78, 5) is 26.0. The Morgan fingerprint density at radius 2 is 1.84 bits per heavy atom. The van der Waals surface area contributed by atoms with E-state index >= 15 is 0 Å². The van der Waals surface area contributed by atoms with Gasteiger partial charge in [0, 0.05) is 43.8 Å². The molecule has 0 spiro atoms. The van der Waals surface area contributed by atoms with Crippen molar-refractivity contribution in [1.29, 1.82) is 0 Å². The maximum Gasteiger partial charge on any atom is 0.253 e. The van der Waals surface area contributed by atoms with Gasteiger partial charge in [-0.1, -0.05) is 13.8 Å². The number of carbonyl (C=O) groups is 2. The molecule has 1 aromatic rings. The molecule has 1 aliphatic rings. The molecule has 2 unspecified atom stereocenters. The normalized spacial score (nSPS) is 23.8. The third-order valence-corrected chi connectivity index (χ3v) is 5.03. The van der Waals surface area contributed by atoms with E-state index in [1.807, 2.05) is 20.8 Å². The van der Waals surface area contributed by atoms with Crippen molar-refractivity contribution < 1.29 is 14.3 Å². The van der Waals surface area contributed by atoms with Crippen LogP contribution in [0.2, 0.25) is 0 Å². The zero-order chi connectivity index (χ0) is 18.1. The molecule has 1 aliphatic carbocycles. The molecule has 140 valence electrons. The fourth-order valence-electron chi connectivity index (χ4n) is 3.02. The van der Waals surface area contributed by atoms with E-state index < -0.39 is 11.0 Å². The summed E-state index contributed by atoms with van der Waals surface area (Å²) in [6.07, 6.45) is 0.481. The van der Waals surface area contributed by atoms with E-state index in [2.05, 4.69) is 5.32 Å². The Bertz CT molecular complexity index is 631. The van der Waals surface area contributed by atoms with Gasteiger partial charge < -0.3 is 20.7 Å². The Morgan fingerprint density at radius 3 is 2.28 bits per heavy atom. The summed E-state index contributed by atoms with van der Waals surface area (Å²) in [7, 11) is 3.40. The van der Waals surface area contributed by atoms with Gasteiger partial charge in [0.1, 0.15) is 5.54 Å². The maximum atomic E-state index is 12.6. The second kappa shape index (κ2) is 7.72. The molecule has 0 aromatic heterocycles. The van der Waals surface area contributed by atoms with Crippen molar-refractivity contribution in [3.05, 3.63) is 29.8 Å². The number of nitrogens with one attached hydrogen (secondary N) is 1. The van der Waals surface area contributed by atoms with Gasteiger partial charge in [-0.2, -0.15) is 0 Å². The third kappa shape index (κ3) is 3.81. The van der Waals surface area contributed by atoms with Crippen molar-refractivity contribution in [3.8, 4) is 0 Å². The van der Waals surface area contributed by atoms with Crippen molar-refractivity contribution >= 4 is 29.9 Å². The highest BCUT2D eigenvalue weighted by molar-refractivity contribution is 6.00. The molecule has 2 rings (SSSR count). The highest BCUT2D eigenvalue weighted by atomic mass is 35.5. The van der Waals surface area contributed by atoms with Crippen LogP contribution >= 0.6 is 12.4 Å². The van der Waals surface area contributed by atoms with E-state index in [1.165, 1.54) is 4.90 Å². The summed E-state index contributed by atoms with van der Waals surface area (Å²) in [5.41, 5.74) is 6.15. The fraction of sp³-hybridized carbons (Fsp3) is 0.556. The molecule has 0 heterocycles. The lowest BCUT2D eigenvalue weighted by Gasteiger charge is -2.57. The van der Waals surface area contributed by atoms with Crippen LogP contribution in [0.3, 0.4) is 0 Å². The number of hydrogen-bond donors (Lipinski definition) is 2. The highest BCUT2D eigenvalue weighted by Gasteiger charge is 2.62. The Kier molecular flexibility index (Phi) is 6.61. The van der Waals surface area contributed by atoms with Gasteiger partial charge >= 0.3 is 0 Å². The maximum absolute atomic E-state index is 12.6. The van der Waals surface area contributed by atoms with Gasteiger partial charge in [0.2, 0.25) is 5.91 Å². The summed E-state index contributed by atoms with van der Waals surface area (Å²) in [6, 6.07) is 6.81. The number of hydrogen-bond acceptors (Lipinski definition) is 4. The number of anilines is 1. The predicted octanol–water partition coefficient (Wildman–Crippen LogP) is 2.28. The number of nitrogens with two attached hydrogens (primary N) is 1. The molecule has 0 radical (unpaired) electrons. The standard InChI is InChI=1S/C18H27N3O3.ClH/c1-6-24-14-11-18(19,17(14,2)3)16(23)20-13-9-7-12(8-10-13)15(22)21(4)5;/h7-10,14H,6,11,19H2,1-5H3,(H,20,23);1H. The average Bonchev–Trinajstić information content (AvgIpc) is 2.54. The minimum absolute atomic E-state index is 0. The van der Waals surface area contributed by atoms with E-state index in [4.69, 9.17) is 10.5 Å². The summed E-state index contributed by atoms with van der Waals surface area (Å²) < 4.78 is 5.65. The van der Waals surface area contributed by atoms with Crippen LogP contribution < -0.4 is 11.1 Å². The lowest BCUT2D eigenvalue weighted by Crippen LogP contribution is -2.74. The van der Waals surface area contributed by atoms with Crippen LogP contribution in [0.1, 0.15) is 37.6 Å². The molecule has 6 nitrogen and oxygen atoms in total. The minimum Gasteiger partial charge on any atom is -0.378 e. The molecular weight excluding hydrogens is 342 g/mol. The summed E-state index contributed by atoms with van der Waals surface area (Å²) in [6.45, 7) is 6.45. The topological polar surface area (TPSA) is 84.7 Å². The molecule has 2 amide bonds. The SMILES string of the molecule is CCOC1CC(N)(C(=O)Nc2ccc(C(=O)N(C)C)cc2)C1(C)C.Cl. The zero-order valence-corrected chi connectivity index (χ0v) is 16.3. The monoisotopic (exact) mass is 369 g/mol. The summed E-state index contributed by atoms with van der Waals surface area (Å²) in [5, 5.41) is 2.85. The van der Waals surface area contributed by atoms with Crippen LogP contribution in [-0.2, 0) is 9.53 Å². The Hall–Kier alpha value is -1.63. The average molecular weight is 370 g/mol. The lowest BCUT2D eigenvalue weighted by molar-refractivity contribution is -0.166. The van der Waals surface area contributed by atoms with Gasteiger partial charge in [-0.3, -0.25) is 9.59 Å². The van der Waals surface area contributed by atoms with Gasteiger partial charge in [0.05, 0.1) is 6.10 Å². The van der Waals surface area contributed by atoms with Gasteiger partial charge in [-0.05, 0) is 31.2 Å². The first-order valence-electron chi connectivity index (χ1n) is 8.17. The predicted molar refractivity (Wildman–Crippen MR) is 101 cm³/mol. The molecule has 1 aromatic carbocycles. The first-order chi connectivity index (χ1) is 11.1. The Balaban J connectivity index is 0.00000312. The van der Waals surface area contributed by atoms with Gasteiger partial charge in [-0.25, -0.2) is 0 Å². The quantitative estimate of drug-likeness (QED) is 0.833. The van der Waals surface area contributed by atoms with Gasteiger partial charge in [-0.15, -0.1) is 12.4 Å². The molecule has 25 heavy (non-hydrogen) atoms. The molecule has 3 N–H and O–H groups in total. The third-order valence-electron chi connectivity index (χ3n) is 5.03. The number of rotatable bonds is 5. The molecule has 0 aliphatic heterocycles. The summed E-state index contributed by atoms with van der Waals surface area (Å²) >= 11 is 0. The number of amides is 2. The van der Waals surface area contributed by atoms with Crippen LogP contribution in [0.5, 0.6) is 0 Å². The van der Waals surface area contributed by atoms with Gasteiger partial charge in [0.25, 0.3) is 5.91 Å². The number of ether oxygens (including phenoxy) is 1. The molecule has 0 saturated heterocycles. The van der Waals surface area contributed by atoms with E-state index in [0.717, 1.165) is 0 Å². The molecule has 7 heteroatoms. The van der Waals surface area contributed by atoms with Crippen LogP contribution in [0.4, 0.5) is 5.69 Å². The zero-order valence-electron chi connectivity index (χ0n) is 15.5. The Labute approximate surface area is 155 Å². The molecule has 1 saturated carbocycles. The van der Waals surface area contributed by atoms with E-state index in [1.54, 1.807) is 38.4 Å². The minimum atomic E-state index is -0.967. The van der Waals surface area contributed by atoms with E-state index in [-0.39, 0.29) is 30.3 Å². The van der Waals surface area contributed by atoms with Crippen LogP contribution in [-0.4, -0.2) is 49.1 Å². The van der Waals surface area contributed by atoms with E-state index in [0.29, 0.717) is 24.3 Å². The van der Waals surface area contributed by atoms with Crippen molar-refractivity contribution in [1.82, 2.24) is 4.90 Å². The van der Waals surface area contributed by atoms with Crippen molar-refractivity contribution in [2.75, 3.05) is 26.0 Å². The highest BCUT2D eigenvalue weighted by Crippen LogP contribution is 2.50. The lowest BCUT2D eigenvalue weighted by atomic mass is 9.54. The number of benzene rings is 1. The molecule has 1 fully saturated rings. The molecule has 2 atom stereocenters. The largest absolute Gasteiger partial charge is 0.378 e. The number of halogens is 1. The van der Waals surface area contributed by atoms with Crippen LogP contribution in [0.25, 0.3) is 0 Å². The smallest absolute Gasteiger partial charge is 0.253 e. The van der Waals surface area contributed by atoms with Crippen LogP contribution in [0, 0.1) is 5.41 Å². The summed E-state index contributed by atoms with van der Waals surface area (Å²) in [5.74, 6) is -0.307. The Morgan fingerprint density at radius 1 is 1.28 bits per heavy atom. The second-order valence-corrected chi connectivity index (χ2v) is 7.07. The fourth-order valence-corrected chi connectivity index (χ4v) is 3.02. The molecular formula is C18H28ClN3O3. The molecule has 0 bridgehead atoms. The first-order valence-corrected chi connectivity index (χ1v) is 8.17. The number of carbonyl (C=O) groups excluding carboxylic acids is 2. The first kappa shape index (κ1) is 21.4. The van der Waals surface area contributed by atoms with Gasteiger partial charge in [0.15, 0.2) is 0 Å². The van der Waals surface area contributed by atoms with Crippen molar-refractivity contribution in [3.63, 3.8) is 0 Å². The van der Waals surface area contributed by atoms with Crippen molar-refractivity contribution in [2.45, 2.75) is 38.8 Å². The second-order valence-electron chi connectivity index (χ2n) is 7.07.